The standard InChI is InChI=1S/C19H20N2O4/c1-4-5-8-20-18(23)13-10-15-17(22)14-9-12(24-3)6-7-16(14)25-19(15)21-11(13)2/h6-7,9-10H,4-5,8H2,1-3H3,(H,20,23). The Morgan fingerprint density at radius 2 is 2.08 bits per heavy atom. The van der Waals surface area contributed by atoms with E-state index in [0.29, 0.717) is 34.5 Å². The van der Waals surface area contributed by atoms with Crippen LogP contribution in [0.5, 0.6) is 5.75 Å². The van der Waals surface area contributed by atoms with E-state index in [1.54, 1.807) is 31.2 Å². The molecule has 0 spiro atoms. The smallest absolute Gasteiger partial charge is 0.253 e. The first-order valence-electron chi connectivity index (χ1n) is 8.25. The number of carbonyl (C=O) groups is 1. The predicted molar refractivity (Wildman–Crippen MR) is 96.3 cm³/mol. The molecule has 25 heavy (non-hydrogen) atoms. The van der Waals surface area contributed by atoms with Gasteiger partial charge in [-0.3, -0.25) is 9.59 Å². The molecular formula is C19H20N2O4. The normalized spacial score (nSPS) is 11.0. The number of methoxy groups -OCH3 is 1. The highest BCUT2D eigenvalue weighted by Gasteiger charge is 2.16. The first-order valence-corrected chi connectivity index (χ1v) is 8.25. The second-order valence-electron chi connectivity index (χ2n) is 5.88. The van der Waals surface area contributed by atoms with E-state index in [1.165, 1.54) is 7.11 Å². The van der Waals surface area contributed by atoms with Crippen molar-refractivity contribution in [3.8, 4) is 5.75 Å². The maximum absolute atomic E-state index is 12.8. The summed E-state index contributed by atoms with van der Waals surface area (Å²) in [5.74, 6) is 0.335. The summed E-state index contributed by atoms with van der Waals surface area (Å²) in [6, 6.07) is 6.59. The van der Waals surface area contributed by atoms with E-state index in [-0.39, 0.29) is 22.4 Å². The number of nitrogens with zero attached hydrogens (tertiary/aromatic N) is 1. The predicted octanol–water partition coefficient (Wildman–Crippen LogP) is 3.19. The molecule has 130 valence electrons. The van der Waals surface area contributed by atoms with Crippen LogP contribution in [0.3, 0.4) is 0 Å². The molecule has 0 unspecified atom stereocenters. The first kappa shape index (κ1) is 17.0. The molecule has 0 saturated carbocycles. The molecule has 3 rings (SSSR count). The van der Waals surface area contributed by atoms with E-state index in [1.807, 2.05) is 0 Å². The highest BCUT2D eigenvalue weighted by Crippen LogP contribution is 2.23. The average Bonchev–Trinajstić information content (AvgIpc) is 2.61. The zero-order chi connectivity index (χ0) is 18.0. The zero-order valence-corrected chi connectivity index (χ0v) is 14.5. The molecule has 0 aliphatic heterocycles. The Hall–Kier alpha value is -2.89. The minimum Gasteiger partial charge on any atom is -0.497 e. The van der Waals surface area contributed by atoms with E-state index in [0.717, 1.165) is 12.8 Å². The van der Waals surface area contributed by atoms with Crippen LogP contribution in [0.1, 0.15) is 35.8 Å². The second kappa shape index (κ2) is 6.93. The summed E-state index contributed by atoms with van der Waals surface area (Å²) in [4.78, 5) is 29.5. The summed E-state index contributed by atoms with van der Waals surface area (Å²) in [6.07, 6.45) is 1.89. The number of ether oxygens (including phenoxy) is 1. The molecule has 0 aliphatic rings. The molecule has 0 radical (unpaired) electrons. The molecule has 2 aromatic heterocycles. The topological polar surface area (TPSA) is 81.4 Å². The summed E-state index contributed by atoms with van der Waals surface area (Å²) in [5.41, 5.74) is 1.34. The lowest BCUT2D eigenvalue weighted by Crippen LogP contribution is -2.25. The van der Waals surface area contributed by atoms with Gasteiger partial charge in [0, 0.05) is 6.54 Å². The average molecular weight is 340 g/mol. The molecule has 6 nitrogen and oxygen atoms in total. The number of pyridine rings is 1. The van der Waals surface area contributed by atoms with Crippen molar-refractivity contribution in [2.75, 3.05) is 13.7 Å². The van der Waals surface area contributed by atoms with Gasteiger partial charge in [0.05, 0.1) is 29.1 Å². The molecule has 0 aliphatic carbocycles. The van der Waals surface area contributed by atoms with Crippen LogP contribution in [0, 0.1) is 6.92 Å². The lowest BCUT2D eigenvalue weighted by Gasteiger charge is -2.09. The van der Waals surface area contributed by atoms with Gasteiger partial charge >= 0.3 is 0 Å². The van der Waals surface area contributed by atoms with E-state index < -0.39 is 0 Å². The maximum Gasteiger partial charge on any atom is 0.253 e. The fraction of sp³-hybridized carbons (Fsp3) is 0.316. The van der Waals surface area contributed by atoms with Crippen molar-refractivity contribution in [2.24, 2.45) is 0 Å². The third-order valence-electron chi connectivity index (χ3n) is 4.12. The van der Waals surface area contributed by atoms with Crippen LogP contribution in [-0.4, -0.2) is 24.5 Å². The van der Waals surface area contributed by atoms with Gasteiger partial charge in [0.1, 0.15) is 11.3 Å². The largest absolute Gasteiger partial charge is 0.497 e. The molecule has 1 aromatic carbocycles. The Morgan fingerprint density at radius 3 is 2.80 bits per heavy atom. The molecule has 2 heterocycles. The summed E-state index contributed by atoms with van der Waals surface area (Å²) in [7, 11) is 1.54. The highest BCUT2D eigenvalue weighted by molar-refractivity contribution is 5.99. The van der Waals surface area contributed by atoms with Crippen LogP contribution in [0.15, 0.2) is 33.5 Å². The minimum atomic E-state index is -0.231. The van der Waals surface area contributed by atoms with Crippen LogP contribution in [0.4, 0.5) is 0 Å². The lowest BCUT2D eigenvalue weighted by atomic mass is 10.1. The van der Waals surface area contributed by atoms with Gasteiger partial charge in [0.25, 0.3) is 5.91 Å². The van der Waals surface area contributed by atoms with E-state index in [9.17, 15) is 9.59 Å². The summed E-state index contributed by atoms with van der Waals surface area (Å²) in [5, 5.41) is 3.53. The maximum atomic E-state index is 12.8. The number of amides is 1. The molecule has 1 N–H and O–H groups in total. The quantitative estimate of drug-likeness (QED) is 0.570. The molecular weight excluding hydrogens is 320 g/mol. The summed E-state index contributed by atoms with van der Waals surface area (Å²) in [6.45, 7) is 4.38. The molecule has 0 atom stereocenters. The first-order chi connectivity index (χ1) is 12.0. The van der Waals surface area contributed by atoms with E-state index in [2.05, 4.69) is 17.2 Å². The number of hydrogen-bond donors (Lipinski definition) is 1. The number of unbranched alkanes of at least 4 members (excludes halogenated alkanes) is 1. The van der Waals surface area contributed by atoms with Crippen LogP contribution in [0.2, 0.25) is 0 Å². The van der Waals surface area contributed by atoms with Gasteiger partial charge in [-0.25, -0.2) is 4.98 Å². The van der Waals surface area contributed by atoms with Crippen LogP contribution < -0.4 is 15.5 Å². The number of aryl methyl sites for hydroxylation is 1. The third kappa shape index (κ3) is 3.20. The fourth-order valence-corrected chi connectivity index (χ4v) is 2.68. The van der Waals surface area contributed by atoms with Gasteiger partial charge in [0.15, 0.2) is 0 Å². The molecule has 0 bridgehead atoms. The SMILES string of the molecule is CCCCNC(=O)c1cc2c(=O)c3cc(OC)ccc3oc2nc1C. The van der Waals surface area contributed by atoms with Crippen molar-refractivity contribution in [2.45, 2.75) is 26.7 Å². The molecule has 0 saturated heterocycles. The molecule has 6 heteroatoms. The Kier molecular flexibility index (Phi) is 4.70. The Labute approximate surface area is 144 Å². The Balaban J connectivity index is 2.14. The highest BCUT2D eigenvalue weighted by atomic mass is 16.5. The van der Waals surface area contributed by atoms with Crippen molar-refractivity contribution < 1.29 is 13.9 Å². The minimum absolute atomic E-state index is 0.227. The summed E-state index contributed by atoms with van der Waals surface area (Å²) >= 11 is 0. The number of carbonyl (C=O) groups excluding carboxylic acids is 1. The monoisotopic (exact) mass is 340 g/mol. The van der Waals surface area contributed by atoms with Gasteiger partial charge in [-0.1, -0.05) is 13.3 Å². The number of aromatic nitrogens is 1. The third-order valence-corrected chi connectivity index (χ3v) is 4.12. The van der Waals surface area contributed by atoms with Gasteiger partial charge in [-0.2, -0.15) is 0 Å². The zero-order valence-electron chi connectivity index (χ0n) is 14.5. The Bertz CT molecular complexity index is 1010. The van der Waals surface area contributed by atoms with Gasteiger partial charge in [-0.15, -0.1) is 0 Å². The number of nitrogens with one attached hydrogen (secondary N) is 1. The van der Waals surface area contributed by atoms with Crippen LogP contribution >= 0.6 is 0 Å². The number of fused-ring (bicyclic) bond motifs is 2. The second-order valence-corrected chi connectivity index (χ2v) is 5.88. The van der Waals surface area contributed by atoms with Crippen molar-refractivity contribution >= 4 is 28.0 Å². The van der Waals surface area contributed by atoms with Gasteiger partial charge in [0.2, 0.25) is 11.1 Å². The van der Waals surface area contributed by atoms with Crippen LogP contribution in [0.25, 0.3) is 22.1 Å². The van der Waals surface area contributed by atoms with Gasteiger partial charge < -0.3 is 14.5 Å². The number of hydrogen-bond acceptors (Lipinski definition) is 5. The van der Waals surface area contributed by atoms with Crippen molar-refractivity contribution in [3.63, 3.8) is 0 Å². The molecule has 1 amide bonds. The molecule has 0 fully saturated rings. The van der Waals surface area contributed by atoms with Crippen molar-refractivity contribution in [3.05, 3.63) is 45.7 Å². The van der Waals surface area contributed by atoms with Crippen molar-refractivity contribution in [1.29, 1.82) is 0 Å². The Morgan fingerprint density at radius 1 is 1.28 bits per heavy atom. The van der Waals surface area contributed by atoms with Crippen LogP contribution in [-0.2, 0) is 0 Å². The summed E-state index contributed by atoms with van der Waals surface area (Å²) < 4.78 is 10.9. The molecule has 3 aromatic rings. The number of rotatable bonds is 5. The van der Waals surface area contributed by atoms with Gasteiger partial charge in [-0.05, 0) is 37.6 Å². The van der Waals surface area contributed by atoms with Crippen molar-refractivity contribution in [1.82, 2.24) is 10.3 Å². The van der Waals surface area contributed by atoms with E-state index in [4.69, 9.17) is 9.15 Å². The lowest BCUT2D eigenvalue weighted by molar-refractivity contribution is 0.0952. The fourth-order valence-electron chi connectivity index (χ4n) is 2.68. The van der Waals surface area contributed by atoms with E-state index >= 15 is 0 Å². The number of benzene rings is 1.